The highest BCUT2D eigenvalue weighted by atomic mass is 79.9. The largest absolute Gasteiger partial charge is 0.354 e. The third-order valence-electron chi connectivity index (χ3n) is 4.03. The van der Waals surface area contributed by atoms with Gasteiger partial charge >= 0.3 is 0 Å². The predicted molar refractivity (Wildman–Crippen MR) is 106 cm³/mol. The zero-order valence-corrected chi connectivity index (χ0v) is 15.5. The predicted octanol–water partition coefficient (Wildman–Crippen LogP) is 5.60. The van der Waals surface area contributed by atoms with Gasteiger partial charge in [0, 0.05) is 28.7 Å². The fraction of sp³-hybridized carbons (Fsp3) is 0.0526. The van der Waals surface area contributed by atoms with Crippen molar-refractivity contribution in [1.29, 1.82) is 0 Å². The van der Waals surface area contributed by atoms with Crippen LogP contribution in [0, 0.1) is 20.2 Å². The van der Waals surface area contributed by atoms with Crippen LogP contribution in [0.3, 0.4) is 0 Å². The summed E-state index contributed by atoms with van der Waals surface area (Å²) in [4.78, 5) is 21.6. The molecule has 0 saturated heterocycles. The van der Waals surface area contributed by atoms with Crippen molar-refractivity contribution in [2.45, 2.75) is 6.42 Å². The lowest BCUT2D eigenvalue weighted by atomic mass is 10.00. The fourth-order valence-corrected chi connectivity index (χ4v) is 3.30. The van der Waals surface area contributed by atoms with Crippen LogP contribution >= 0.6 is 15.9 Å². The normalized spacial score (nSPS) is 10.4. The second-order valence-corrected chi connectivity index (χ2v) is 6.59. The summed E-state index contributed by atoms with van der Waals surface area (Å²) in [5.74, 6) is 0. The van der Waals surface area contributed by atoms with Crippen LogP contribution in [0.2, 0.25) is 0 Å². The minimum absolute atomic E-state index is 0.0437. The van der Waals surface area contributed by atoms with Crippen molar-refractivity contribution in [3.8, 4) is 0 Å². The van der Waals surface area contributed by atoms with E-state index in [0.717, 1.165) is 10.2 Å². The Labute approximate surface area is 163 Å². The maximum Gasteiger partial charge on any atom is 0.279 e. The lowest BCUT2D eigenvalue weighted by Gasteiger charge is -2.14. The summed E-state index contributed by atoms with van der Waals surface area (Å²) in [6, 6.07) is 18.7. The Morgan fingerprint density at radius 2 is 1.41 bits per heavy atom. The van der Waals surface area contributed by atoms with Crippen LogP contribution < -0.4 is 5.32 Å². The first kappa shape index (κ1) is 18.5. The number of para-hydroxylation sites is 2. The molecule has 0 aromatic heterocycles. The molecule has 3 rings (SSSR count). The Morgan fingerprint density at radius 3 is 2.00 bits per heavy atom. The molecule has 27 heavy (non-hydrogen) atoms. The van der Waals surface area contributed by atoms with Gasteiger partial charge in [-0.1, -0.05) is 30.3 Å². The second kappa shape index (κ2) is 7.96. The molecule has 0 atom stereocenters. The van der Waals surface area contributed by atoms with Gasteiger partial charge in [0.25, 0.3) is 11.4 Å². The van der Waals surface area contributed by atoms with Crippen LogP contribution in [-0.2, 0) is 6.42 Å². The smallest absolute Gasteiger partial charge is 0.279 e. The van der Waals surface area contributed by atoms with Gasteiger partial charge in [0.15, 0.2) is 0 Å². The van der Waals surface area contributed by atoms with E-state index in [9.17, 15) is 20.2 Å². The SMILES string of the molecule is O=[N+]([O-])c1cccc([N+](=O)[O-])c1Cc1cccc(Br)c1Nc1ccccc1. The number of rotatable bonds is 6. The Bertz CT molecular complexity index is 977. The average molecular weight is 428 g/mol. The summed E-state index contributed by atoms with van der Waals surface area (Å²) in [5, 5.41) is 26.0. The molecule has 3 aromatic rings. The van der Waals surface area contributed by atoms with Crippen molar-refractivity contribution >= 4 is 38.7 Å². The first-order valence-corrected chi connectivity index (χ1v) is 8.77. The van der Waals surface area contributed by atoms with E-state index in [4.69, 9.17) is 0 Å². The number of anilines is 2. The lowest BCUT2D eigenvalue weighted by molar-refractivity contribution is -0.395. The van der Waals surface area contributed by atoms with Crippen LogP contribution in [0.25, 0.3) is 0 Å². The molecular formula is C19H14BrN3O4. The van der Waals surface area contributed by atoms with Gasteiger partial charge in [-0.2, -0.15) is 0 Å². The van der Waals surface area contributed by atoms with Gasteiger partial charge in [-0.25, -0.2) is 0 Å². The number of benzene rings is 3. The highest BCUT2D eigenvalue weighted by Crippen LogP contribution is 2.35. The first-order chi connectivity index (χ1) is 13.0. The van der Waals surface area contributed by atoms with Crippen LogP contribution in [0.1, 0.15) is 11.1 Å². The summed E-state index contributed by atoms with van der Waals surface area (Å²) < 4.78 is 0.755. The molecule has 0 spiro atoms. The van der Waals surface area contributed by atoms with Crippen molar-refractivity contribution < 1.29 is 9.85 Å². The Balaban J connectivity index is 2.08. The molecular weight excluding hydrogens is 414 g/mol. The van der Waals surface area contributed by atoms with Crippen LogP contribution in [-0.4, -0.2) is 9.85 Å². The molecule has 0 bridgehead atoms. The second-order valence-electron chi connectivity index (χ2n) is 5.73. The molecule has 0 amide bonds. The van der Waals surface area contributed by atoms with E-state index < -0.39 is 9.85 Å². The monoisotopic (exact) mass is 427 g/mol. The number of nitrogens with zero attached hydrogens (tertiary/aromatic N) is 2. The molecule has 0 aliphatic carbocycles. The van der Waals surface area contributed by atoms with Gasteiger partial charge in [-0.3, -0.25) is 20.2 Å². The summed E-state index contributed by atoms with van der Waals surface area (Å²) in [5.41, 5.74) is 1.77. The molecule has 0 radical (unpaired) electrons. The molecule has 0 saturated carbocycles. The van der Waals surface area contributed by atoms with Crippen LogP contribution in [0.4, 0.5) is 22.7 Å². The third kappa shape index (κ3) is 4.12. The van der Waals surface area contributed by atoms with E-state index in [1.165, 1.54) is 18.2 Å². The number of nitrogens with one attached hydrogen (secondary N) is 1. The van der Waals surface area contributed by atoms with Crippen molar-refractivity contribution in [2.75, 3.05) is 5.32 Å². The molecule has 0 aliphatic rings. The minimum Gasteiger partial charge on any atom is -0.354 e. The number of halogens is 1. The number of nitro benzene ring substituents is 2. The van der Waals surface area contributed by atoms with E-state index in [0.29, 0.717) is 11.3 Å². The minimum atomic E-state index is -0.593. The Hall–Kier alpha value is -3.26. The van der Waals surface area contributed by atoms with Gasteiger partial charge in [0.05, 0.1) is 15.5 Å². The van der Waals surface area contributed by atoms with Crippen molar-refractivity contribution in [1.82, 2.24) is 0 Å². The Kier molecular flexibility index (Phi) is 5.46. The van der Waals surface area contributed by atoms with E-state index in [1.54, 1.807) is 12.1 Å². The van der Waals surface area contributed by atoms with E-state index >= 15 is 0 Å². The van der Waals surface area contributed by atoms with Crippen molar-refractivity contribution in [3.63, 3.8) is 0 Å². The van der Waals surface area contributed by atoms with Gasteiger partial charge in [-0.15, -0.1) is 0 Å². The summed E-state index contributed by atoms with van der Waals surface area (Å²) >= 11 is 3.48. The zero-order chi connectivity index (χ0) is 19.4. The standard InChI is InChI=1S/C19H14BrN3O4/c20-16-9-4-6-13(19(16)21-14-7-2-1-3-8-14)12-15-17(22(24)25)10-5-11-18(15)23(26)27/h1-11,21H,12H2. The Morgan fingerprint density at radius 1 is 0.815 bits per heavy atom. The zero-order valence-electron chi connectivity index (χ0n) is 14.0. The molecule has 0 fully saturated rings. The van der Waals surface area contributed by atoms with Gasteiger partial charge < -0.3 is 5.32 Å². The molecule has 7 nitrogen and oxygen atoms in total. The quantitative estimate of drug-likeness (QED) is 0.407. The van der Waals surface area contributed by atoms with Gasteiger partial charge in [0.2, 0.25) is 0 Å². The molecule has 0 unspecified atom stereocenters. The third-order valence-corrected chi connectivity index (χ3v) is 4.69. The number of hydrogen-bond donors (Lipinski definition) is 1. The summed E-state index contributed by atoms with van der Waals surface area (Å²) in [6.45, 7) is 0. The first-order valence-electron chi connectivity index (χ1n) is 7.97. The van der Waals surface area contributed by atoms with Crippen LogP contribution in [0.5, 0.6) is 0 Å². The lowest BCUT2D eigenvalue weighted by Crippen LogP contribution is -2.04. The molecule has 1 N–H and O–H groups in total. The van der Waals surface area contributed by atoms with Gasteiger partial charge in [-0.05, 0) is 45.8 Å². The molecule has 8 heteroatoms. The maximum absolute atomic E-state index is 11.4. The average Bonchev–Trinajstić information content (AvgIpc) is 2.65. The topological polar surface area (TPSA) is 98.3 Å². The number of nitro groups is 2. The molecule has 136 valence electrons. The summed E-state index contributed by atoms with van der Waals surface area (Å²) in [6.07, 6.45) is 0.0437. The van der Waals surface area contributed by atoms with E-state index in [-0.39, 0.29) is 23.4 Å². The van der Waals surface area contributed by atoms with Crippen LogP contribution in [0.15, 0.2) is 71.2 Å². The molecule has 0 heterocycles. The van der Waals surface area contributed by atoms with E-state index in [2.05, 4.69) is 21.2 Å². The highest BCUT2D eigenvalue weighted by Gasteiger charge is 2.25. The molecule has 3 aromatic carbocycles. The van der Waals surface area contributed by atoms with Crippen molar-refractivity contribution in [2.24, 2.45) is 0 Å². The summed E-state index contributed by atoms with van der Waals surface area (Å²) in [7, 11) is 0. The van der Waals surface area contributed by atoms with E-state index in [1.807, 2.05) is 36.4 Å². The van der Waals surface area contributed by atoms with Crippen molar-refractivity contribution in [3.05, 3.63) is 103 Å². The number of hydrogen-bond acceptors (Lipinski definition) is 5. The molecule has 0 aliphatic heterocycles. The highest BCUT2D eigenvalue weighted by molar-refractivity contribution is 9.10. The van der Waals surface area contributed by atoms with Gasteiger partial charge in [0.1, 0.15) is 5.56 Å². The fourth-order valence-electron chi connectivity index (χ4n) is 2.80. The maximum atomic E-state index is 11.4.